The first-order valence-electron chi connectivity index (χ1n) is 8.71. The summed E-state index contributed by atoms with van der Waals surface area (Å²) in [6.07, 6.45) is 3.75. The highest BCUT2D eigenvalue weighted by Crippen LogP contribution is 2.21. The molecule has 0 aliphatic carbocycles. The summed E-state index contributed by atoms with van der Waals surface area (Å²) in [6.45, 7) is 4.95. The third-order valence-corrected chi connectivity index (χ3v) is 4.82. The van der Waals surface area contributed by atoms with Crippen molar-refractivity contribution in [2.24, 2.45) is 5.92 Å². The number of nitrogens with one attached hydrogen (secondary N) is 1. The third-order valence-electron chi connectivity index (χ3n) is 4.47. The fraction of sp³-hybridized carbons (Fsp3) is 0.400. The van der Waals surface area contributed by atoms with E-state index in [4.69, 9.17) is 24.8 Å². The number of halogens is 1. The molecule has 0 bridgehead atoms. The molecular weight excluding hydrogens is 370 g/mol. The van der Waals surface area contributed by atoms with Crippen LogP contribution < -0.4 is 10.1 Å². The van der Waals surface area contributed by atoms with Crippen LogP contribution in [0.15, 0.2) is 42.5 Å². The Morgan fingerprint density at radius 2 is 1.85 bits per heavy atom. The van der Waals surface area contributed by atoms with E-state index in [9.17, 15) is 0 Å². The largest absolute Gasteiger partial charge is 0.489 e. The van der Waals surface area contributed by atoms with Gasteiger partial charge in [0.15, 0.2) is 0 Å². The van der Waals surface area contributed by atoms with Crippen molar-refractivity contribution >= 4 is 23.2 Å². The Hall–Kier alpha value is -1.69. The van der Waals surface area contributed by atoms with Crippen LogP contribution in [0.3, 0.4) is 0 Å². The standard InChI is InChI=1S/C20H24ClNO.O2S/c1-15-5-8-18(20(21)11-15)14-23-19-9-6-16(7-10-19)3-2-4-17-12-22-13-17;1-3-2/h5-11,17,22H,2-4,12-14H2,1H3;. The van der Waals surface area contributed by atoms with E-state index in [2.05, 4.69) is 35.6 Å². The van der Waals surface area contributed by atoms with E-state index in [1.807, 2.05) is 19.1 Å². The SMILES string of the molecule is Cc1ccc(COc2ccc(CCCC3CNC3)cc2)c(Cl)c1.O=S=O. The summed E-state index contributed by atoms with van der Waals surface area (Å²) < 4.78 is 22.4. The highest BCUT2D eigenvalue weighted by Gasteiger charge is 2.15. The van der Waals surface area contributed by atoms with Crippen molar-refractivity contribution in [2.45, 2.75) is 32.8 Å². The number of ether oxygens (including phenoxy) is 1. The Morgan fingerprint density at radius 3 is 2.42 bits per heavy atom. The predicted octanol–water partition coefficient (Wildman–Crippen LogP) is 4.10. The van der Waals surface area contributed by atoms with Crippen LogP contribution in [0.1, 0.15) is 29.5 Å². The molecule has 0 spiro atoms. The maximum Gasteiger partial charge on any atom is 0.335 e. The summed E-state index contributed by atoms with van der Waals surface area (Å²) in [5, 5.41) is 4.10. The highest BCUT2D eigenvalue weighted by atomic mass is 35.5. The van der Waals surface area contributed by atoms with Crippen LogP contribution in [0.2, 0.25) is 5.02 Å². The quantitative estimate of drug-likeness (QED) is 0.769. The Labute approximate surface area is 163 Å². The monoisotopic (exact) mass is 393 g/mol. The third kappa shape index (κ3) is 6.90. The summed E-state index contributed by atoms with van der Waals surface area (Å²) >= 11 is 5.49. The van der Waals surface area contributed by atoms with E-state index in [0.717, 1.165) is 28.7 Å². The van der Waals surface area contributed by atoms with E-state index in [0.29, 0.717) is 6.61 Å². The average molecular weight is 394 g/mol. The molecule has 0 saturated carbocycles. The lowest BCUT2D eigenvalue weighted by Crippen LogP contribution is -2.41. The molecule has 4 nitrogen and oxygen atoms in total. The summed E-state index contributed by atoms with van der Waals surface area (Å²) in [7, 11) is 0. The van der Waals surface area contributed by atoms with Crippen molar-refractivity contribution in [1.82, 2.24) is 5.32 Å². The predicted molar refractivity (Wildman–Crippen MR) is 105 cm³/mol. The minimum absolute atomic E-state index is 0.507. The maximum absolute atomic E-state index is 8.29. The van der Waals surface area contributed by atoms with E-state index in [1.54, 1.807) is 0 Å². The van der Waals surface area contributed by atoms with Gasteiger partial charge in [0, 0.05) is 10.6 Å². The molecule has 0 atom stereocenters. The lowest BCUT2D eigenvalue weighted by atomic mass is 9.95. The average Bonchev–Trinajstić information content (AvgIpc) is 2.58. The summed E-state index contributed by atoms with van der Waals surface area (Å²) in [4.78, 5) is 0. The zero-order chi connectivity index (χ0) is 18.8. The second-order valence-electron chi connectivity index (χ2n) is 6.51. The second-order valence-corrected chi connectivity index (χ2v) is 7.06. The van der Waals surface area contributed by atoms with Gasteiger partial charge in [-0.15, -0.1) is 0 Å². The van der Waals surface area contributed by atoms with Crippen molar-refractivity contribution in [3.8, 4) is 5.75 Å². The van der Waals surface area contributed by atoms with Crippen LogP contribution in [-0.4, -0.2) is 21.5 Å². The summed E-state index contributed by atoms with van der Waals surface area (Å²) in [6, 6.07) is 14.5. The fourth-order valence-electron chi connectivity index (χ4n) is 2.83. The van der Waals surface area contributed by atoms with Gasteiger partial charge in [-0.05, 0) is 74.5 Å². The topological polar surface area (TPSA) is 55.4 Å². The van der Waals surface area contributed by atoms with Crippen LogP contribution in [-0.2, 0) is 24.6 Å². The molecule has 140 valence electrons. The van der Waals surface area contributed by atoms with Gasteiger partial charge in [0.1, 0.15) is 12.4 Å². The summed E-state index contributed by atoms with van der Waals surface area (Å²) in [5.41, 5.74) is 3.58. The Balaban J connectivity index is 0.000000758. The van der Waals surface area contributed by atoms with Crippen LogP contribution >= 0.6 is 11.6 Å². The minimum Gasteiger partial charge on any atom is -0.489 e. The fourth-order valence-corrected chi connectivity index (χ4v) is 3.12. The molecule has 1 aliphatic heterocycles. The Bertz CT molecular complexity index is 726. The lowest BCUT2D eigenvalue weighted by molar-refractivity contribution is 0.306. The molecule has 0 amide bonds. The van der Waals surface area contributed by atoms with Gasteiger partial charge in [-0.25, -0.2) is 0 Å². The van der Waals surface area contributed by atoms with Gasteiger partial charge < -0.3 is 10.1 Å². The van der Waals surface area contributed by atoms with E-state index >= 15 is 0 Å². The van der Waals surface area contributed by atoms with Crippen LogP contribution in [0.25, 0.3) is 0 Å². The smallest absolute Gasteiger partial charge is 0.335 e. The van der Waals surface area contributed by atoms with Crippen LogP contribution in [0.5, 0.6) is 5.75 Å². The molecule has 2 aromatic rings. The normalized spacial score (nSPS) is 13.3. The molecule has 0 unspecified atom stereocenters. The van der Waals surface area contributed by atoms with Crippen LogP contribution in [0, 0.1) is 12.8 Å². The van der Waals surface area contributed by atoms with Gasteiger partial charge in [-0.1, -0.05) is 35.9 Å². The van der Waals surface area contributed by atoms with Gasteiger partial charge in [0.05, 0.1) is 0 Å². The highest BCUT2D eigenvalue weighted by molar-refractivity contribution is 7.51. The first kappa shape index (κ1) is 20.6. The van der Waals surface area contributed by atoms with Crippen molar-refractivity contribution < 1.29 is 13.2 Å². The van der Waals surface area contributed by atoms with Crippen molar-refractivity contribution in [2.75, 3.05) is 13.1 Å². The molecular formula is C20H24ClNO3S. The number of aryl methyl sites for hydroxylation is 2. The van der Waals surface area contributed by atoms with E-state index < -0.39 is 11.6 Å². The Morgan fingerprint density at radius 1 is 1.15 bits per heavy atom. The van der Waals surface area contributed by atoms with Crippen molar-refractivity contribution in [3.05, 3.63) is 64.2 Å². The van der Waals surface area contributed by atoms with Crippen molar-refractivity contribution in [1.29, 1.82) is 0 Å². The molecule has 2 aromatic carbocycles. The maximum atomic E-state index is 8.29. The molecule has 1 N–H and O–H groups in total. The molecule has 0 radical (unpaired) electrons. The van der Waals surface area contributed by atoms with Gasteiger partial charge in [0.25, 0.3) is 0 Å². The van der Waals surface area contributed by atoms with Gasteiger partial charge >= 0.3 is 11.6 Å². The zero-order valence-electron chi connectivity index (χ0n) is 14.9. The molecule has 3 rings (SSSR count). The number of benzene rings is 2. The summed E-state index contributed by atoms with van der Waals surface area (Å²) in [5.74, 6) is 1.80. The number of hydrogen-bond donors (Lipinski definition) is 1. The molecule has 1 aliphatic rings. The van der Waals surface area contributed by atoms with Gasteiger partial charge in [0.2, 0.25) is 0 Å². The number of hydrogen-bond acceptors (Lipinski definition) is 4. The van der Waals surface area contributed by atoms with E-state index in [-0.39, 0.29) is 0 Å². The second kappa shape index (κ2) is 11.1. The number of rotatable bonds is 7. The minimum atomic E-state index is -0.750. The van der Waals surface area contributed by atoms with Crippen LogP contribution in [0.4, 0.5) is 0 Å². The van der Waals surface area contributed by atoms with Gasteiger partial charge in [-0.2, -0.15) is 8.42 Å². The first-order valence-corrected chi connectivity index (χ1v) is 9.76. The molecule has 1 saturated heterocycles. The zero-order valence-corrected chi connectivity index (χ0v) is 16.4. The van der Waals surface area contributed by atoms with E-state index in [1.165, 1.54) is 37.1 Å². The molecule has 6 heteroatoms. The first-order chi connectivity index (χ1) is 12.6. The molecule has 1 fully saturated rings. The Kier molecular flexibility index (Phi) is 8.81. The van der Waals surface area contributed by atoms with Gasteiger partial charge in [-0.3, -0.25) is 0 Å². The van der Waals surface area contributed by atoms with Crippen molar-refractivity contribution in [3.63, 3.8) is 0 Å². The lowest BCUT2D eigenvalue weighted by Gasteiger charge is -2.26. The molecule has 0 aromatic heterocycles. The molecule has 1 heterocycles. The molecule has 26 heavy (non-hydrogen) atoms.